The topological polar surface area (TPSA) is 70.0 Å². The van der Waals surface area contributed by atoms with E-state index in [0.717, 1.165) is 0 Å². The van der Waals surface area contributed by atoms with Gasteiger partial charge in [-0.1, -0.05) is 0 Å². The molecule has 1 aromatic carbocycles. The molecule has 4 nitrogen and oxygen atoms in total. The number of rotatable bonds is 2. The van der Waals surface area contributed by atoms with Gasteiger partial charge >= 0.3 is 0 Å². The summed E-state index contributed by atoms with van der Waals surface area (Å²) >= 11 is 3.09. The molecular formula is C8H7BrN2O2S. The summed E-state index contributed by atoms with van der Waals surface area (Å²) in [5.41, 5.74) is 0.409. The van der Waals surface area contributed by atoms with Crippen LogP contribution in [0.25, 0.3) is 0 Å². The molecule has 0 radical (unpaired) electrons. The van der Waals surface area contributed by atoms with E-state index in [1.807, 2.05) is 6.07 Å². The van der Waals surface area contributed by atoms with Crippen LogP contribution in [0.15, 0.2) is 27.6 Å². The Labute approximate surface area is 90.7 Å². The number of benzene rings is 1. The Morgan fingerprint density at radius 3 is 2.57 bits per heavy atom. The molecule has 0 unspecified atom stereocenters. The highest BCUT2D eigenvalue weighted by atomic mass is 79.9. The van der Waals surface area contributed by atoms with Crippen molar-refractivity contribution in [2.24, 2.45) is 0 Å². The Balaban J connectivity index is 3.35. The molecule has 0 heterocycles. The molecule has 74 valence electrons. The first-order valence-electron chi connectivity index (χ1n) is 3.64. The van der Waals surface area contributed by atoms with Gasteiger partial charge in [-0.05, 0) is 41.2 Å². The van der Waals surface area contributed by atoms with Crippen molar-refractivity contribution < 1.29 is 8.42 Å². The van der Waals surface area contributed by atoms with Gasteiger partial charge in [-0.25, -0.2) is 13.1 Å². The molecule has 0 fully saturated rings. The van der Waals surface area contributed by atoms with Gasteiger partial charge in [-0.15, -0.1) is 0 Å². The quantitative estimate of drug-likeness (QED) is 0.882. The van der Waals surface area contributed by atoms with E-state index in [-0.39, 0.29) is 4.90 Å². The predicted molar refractivity (Wildman–Crippen MR) is 55.1 cm³/mol. The van der Waals surface area contributed by atoms with Gasteiger partial charge in [0.05, 0.1) is 16.5 Å². The minimum absolute atomic E-state index is 0.124. The highest BCUT2D eigenvalue weighted by Crippen LogP contribution is 2.22. The van der Waals surface area contributed by atoms with Crippen LogP contribution >= 0.6 is 15.9 Å². The SMILES string of the molecule is CNS(=O)(=O)c1ccc(C#N)cc1Br. The van der Waals surface area contributed by atoms with Crippen LogP contribution in [0.1, 0.15) is 5.56 Å². The molecule has 14 heavy (non-hydrogen) atoms. The van der Waals surface area contributed by atoms with Crippen molar-refractivity contribution >= 4 is 26.0 Å². The van der Waals surface area contributed by atoms with E-state index in [1.165, 1.54) is 25.2 Å². The molecule has 0 aliphatic heterocycles. The van der Waals surface area contributed by atoms with Gasteiger partial charge in [0.1, 0.15) is 0 Å². The summed E-state index contributed by atoms with van der Waals surface area (Å²) < 4.78 is 25.4. The lowest BCUT2D eigenvalue weighted by atomic mass is 10.2. The Hall–Kier alpha value is -0.900. The molecule has 1 rings (SSSR count). The second-order valence-electron chi connectivity index (χ2n) is 2.46. The van der Waals surface area contributed by atoms with Crippen molar-refractivity contribution in [1.82, 2.24) is 4.72 Å². The highest BCUT2D eigenvalue weighted by molar-refractivity contribution is 9.10. The fourth-order valence-electron chi connectivity index (χ4n) is 0.898. The van der Waals surface area contributed by atoms with Crippen LogP contribution in [-0.4, -0.2) is 15.5 Å². The van der Waals surface area contributed by atoms with Crippen molar-refractivity contribution in [1.29, 1.82) is 5.26 Å². The number of hydrogen-bond donors (Lipinski definition) is 1. The first-order chi connectivity index (χ1) is 6.51. The smallest absolute Gasteiger partial charge is 0.214 e. The number of nitriles is 1. The maximum absolute atomic E-state index is 11.4. The second-order valence-corrected chi connectivity index (χ2v) is 5.17. The van der Waals surface area contributed by atoms with Gasteiger partial charge < -0.3 is 0 Å². The van der Waals surface area contributed by atoms with Crippen molar-refractivity contribution in [2.45, 2.75) is 4.90 Å². The van der Waals surface area contributed by atoms with Crippen molar-refractivity contribution in [3.8, 4) is 6.07 Å². The van der Waals surface area contributed by atoms with Crippen LogP contribution in [0.2, 0.25) is 0 Å². The van der Waals surface area contributed by atoms with Crippen LogP contribution < -0.4 is 4.72 Å². The lowest BCUT2D eigenvalue weighted by molar-refractivity contribution is 0.588. The minimum atomic E-state index is -3.46. The molecule has 0 atom stereocenters. The second kappa shape index (κ2) is 4.09. The third kappa shape index (κ3) is 2.12. The third-order valence-electron chi connectivity index (χ3n) is 1.62. The van der Waals surface area contributed by atoms with E-state index in [9.17, 15) is 8.42 Å². The summed E-state index contributed by atoms with van der Waals surface area (Å²) in [7, 11) is -2.13. The van der Waals surface area contributed by atoms with Crippen molar-refractivity contribution in [3.63, 3.8) is 0 Å². The third-order valence-corrected chi connectivity index (χ3v) is 4.01. The molecule has 0 spiro atoms. The maximum Gasteiger partial charge on any atom is 0.241 e. The molecule has 0 saturated heterocycles. The fraction of sp³-hybridized carbons (Fsp3) is 0.125. The molecule has 0 aliphatic rings. The normalized spacial score (nSPS) is 10.9. The lowest BCUT2D eigenvalue weighted by Crippen LogP contribution is -2.18. The molecule has 6 heteroatoms. The summed E-state index contributed by atoms with van der Waals surface area (Å²) in [6.07, 6.45) is 0. The Morgan fingerprint density at radius 1 is 1.50 bits per heavy atom. The van der Waals surface area contributed by atoms with E-state index in [4.69, 9.17) is 5.26 Å². The van der Waals surface area contributed by atoms with Crippen LogP contribution in [-0.2, 0) is 10.0 Å². The van der Waals surface area contributed by atoms with Crippen molar-refractivity contribution in [2.75, 3.05) is 7.05 Å². The Bertz CT molecular complexity index is 491. The van der Waals surface area contributed by atoms with E-state index in [0.29, 0.717) is 10.0 Å². The summed E-state index contributed by atoms with van der Waals surface area (Å²) in [4.78, 5) is 0.124. The van der Waals surface area contributed by atoms with Crippen LogP contribution in [0.4, 0.5) is 0 Å². The van der Waals surface area contributed by atoms with Gasteiger partial charge in [-0.3, -0.25) is 0 Å². The number of nitrogens with one attached hydrogen (secondary N) is 1. The van der Waals surface area contributed by atoms with Gasteiger partial charge in [0.15, 0.2) is 0 Å². The summed E-state index contributed by atoms with van der Waals surface area (Å²) in [6.45, 7) is 0. The van der Waals surface area contributed by atoms with Gasteiger partial charge in [0.25, 0.3) is 0 Å². The standard InChI is InChI=1S/C8H7BrN2O2S/c1-11-14(12,13)8-3-2-6(5-10)4-7(8)9/h2-4,11H,1H3. The number of nitrogens with zero attached hydrogens (tertiary/aromatic N) is 1. The molecule has 1 aromatic rings. The average molecular weight is 275 g/mol. The molecule has 0 aliphatic carbocycles. The molecular weight excluding hydrogens is 268 g/mol. The van der Waals surface area contributed by atoms with Gasteiger partial charge in [0.2, 0.25) is 10.0 Å². The maximum atomic E-state index is 11.4. The number of halogens is 1. The summed E-state index contributed by atoms with van der Waals surface area (Å²) in [5, 5.41) is 8.58. The van der Waals surface area contributed by atoms with Gasteiger partial charge in [-0.2, -0.15) is 5.26 Å². The molecule has 0 amide bonds. The largest absolute Gasteiger partial charge is 0.241 e. The highest BCUT2D eigenvalue weighted by Gasteiger charge is 2.15. The van der Waals surface area contributed by atoms with Crippen LogP contribution in [0, 0.1) is 11.3 Å². The van der Waals surface area contributed by atoms with Gasteiger partial charge in [0, 0.05) is 4.47 Å². The molecule has 1 N–H and O–H groups in total. The van der Waals surface area contributed by atoms with Crippen LogP contribution in [0.5, 0.6) is 0 Å². The van der Waals surface area contributed by atoms with E-state index < -0.39 is 10.0 Å². The first-order valence-corrected chi connectivity index (χ1v) is 5.92. The summed E-state index contributed by atoms with van der Waals surface area (Å²) in [6, 6.07) is 6.22. The minimum Gasteiger partial charge on any atom is -0.214 e. The first kappa shape index (κ1) is 11.2. The summed E-state index contributed by atoms with van der Waals surface area (Å²) in [5.74, 6) is 0. The van der Waals surface area contributed by atoms with E-state index in [2.05, 4.69) is 20.7 Å². The molecule has 0 aromatic heterocycles. The van der Waals surface area contributed by atoms with Crippen LogP contribution in [0.3, 0.4) is 0 Å². The number of hydrogen-bond acceptors (Lipinski definition) is 3. The zero-order valence-electron chi connectivity index (χ0n) is 7.28. The van der Waals surface area contributed by atoms with E-state index >= 15 is 0 Å². The zero-order chi connectivity index (χ0) is 10.8. The van der Waals surface area contributed by atoms with Crippen molar-refractivity contribution in [3.05, 3.63) is 28.2 Å². The molecule has 0 bridgehead atoms. The zero-order valence-corrected chi connectivity index (χ0v) is 9.68. The Kier molecular flexibility index (Phi) is 3.26. The fourth-order valence-corrected chi connectivity index (χ4v) is 2.70. The Morgan fingerprint density at radius 2 is 2.14 bits per heavy atom. The van der Waals surface area contributed by atoms with E-state index in [1.54, 1.807) is 0 Å². The predicted octanol–water partition coefficient (Wildman–Crippen LogP) is 1.23. The average Bonchev–Trinajstić information content (AvgIpc) is 2.17. The lowest BCUT2D eigenvalue weighted by Gasteiger charge is -2.04. The molecule has 0 saturated carbocycles. The number of sulfonamides is 1. The monoisotopic (exact) mass is 274 g/mol.